The summed E-state index contributed by atoms with van der Waals surface area (Å²) in [5.74, 6) is -0.458. The van der Waals surface area contributed by atoms with Gasteiger partial charge in [0.25, 0.3) is 0 Å². The summed E-state index contributed by atoms with van der Waals surface area (Å²) in [6, 6.07) is 15.1. The number of nitrogens with zero attached hydrogens (tertiary/aromatic N) is 4. The lowest BCUT2D eigenvalue weighted by molar-refractivity contribution is -0.126. The third-order valence-electron chi connectivity index (χ3n) is 5.81. The van der Waals surface area contributed by atoms with E-state index in [1.165, 1.54) is 4.31 Å². The van der Waals surface area contributed by atoms with Crippen LogP contribution in [0.25, 0.3) is 11.0 Å². The molecule has 170 valence electrons. The molecule has 1 aliphatic heterocycles. The van der Waals surface area contributed by atoms with Gasteiger partial charge in [0.15, 0.2) is 0 Å². The summed E-state index contributed by atoms with van der Waals surface area (Å²) in [5.41, 5.74) is 2.08. The molecule has 2 aromatic carbocycles. The number of nitrogens with one attached hydrogen (secondary N) is 1. The number of carbonyl (C=O) groups excluding carboxylic acids is 1. The number of likely N-dealkylation sites (N-methyl/N-ethyl adjacent to an activating group) is 1. The van der Waals surface area contributed by atoms with Gasteiger partial charge in [0, 0.05) is 38.4 Å². The maximum Gasteiger partial charge on any atom is 0.245 e. The van der Waals surface area contributed by atoms with Crippen molar-refractivity contribution in [2.24, 2.45) is 5.92 Å². The fourth-order valence-corrected chi connectivity index (χ4v) is 6.35. The zero-order valence-electron chi connectivity index (χ0n) is 18.0. The topological polar surface area (TPSA) is 95.5 Å². The summed E-state index contributed by atoms with van der Waals surface area (Å²) in [6.07, 6.45) is 1.32. The Morgan fingerprint density at radius 2 is 2.00 bits per heavy atom. The molecular weight excluding hydrogens is 446 g/mol. The van der Waals surface area contributed by atoms with Gasteiger partial charge >= 0.3 is 0 Å². The molecule has 0 aliphatic carbocycles. The molecule has 1 aliphatic rings. The minimum absolute atomic E-state index is 0.0949. The first-order valence-corrected chi connectivity index (χ1v) is 13.0. The molecule has 0 spiro atoms. The Kier molecular flexibility index (Phi) is 7.02. The molecule has 2 heterocycles. The zero-order chi connectivity index (χ0) is 22.6. The van der Waals surface area contributed by atoms with E-state index in [0.29, 0.717) is 43.5 Å². The van der Waals surface area contributed by atoms with Crippen molar-refractivity contribution in [3.05, 3.63) is 48.5 Å². The van der Waals surface area contributed by atoms with Gasteiger partial charge in [-0.3, -0.25) is 4.79 Å². The number of benzene rings is 2. The number of amides is 1. The monoisotopic (exact) mass is 473 g/mol. The number of hydrogen-bond donors (Lipinski definition) is 1. The van der Waals surface area contributed by atoms with E-state index in [0.717, 1.165) is 24.0 Å². The highest BCUT2D eigenvalue weighted by atomic mass is 32.2. The average molecular weight is 474 g/mol. The van der Waals surface area contributed by atoms with Crippen molar-refractivity contribution in [1.29, 1.82) is 0 Å². The summed E-state index contributed by atoms with van der Waals surface area (Å²) in [5, 5.41) is 3.00. The second-order valence-electron chi connectivity index (χ2n) is 7.80. The van der Waals surface area contributed by atoms with Gasteiger partial charge in [-0.15, -0.1) is 0 Å². The molecule has 1 amide bonds. The largest absolute Gasteiger partial charge is 0.370 e. The Bertz CT molecular complexity index is 1170. The molecule has 1 N–H and O–H groups in total. The maximum atomic E-state index is 13.3. The Hall–Kier alpha value is -2.56. The van der Waals surface area contributed by atoms with Crippen molar-refractivity contribution in [3.63, 3.8) is 0 Å². The van der Waals surface area contributed by atoms with E-state index in [9.17, 15) is 13.2 Å². The molecule has 3 aromatic rings. The first kappa shape index (κ1) is 22.6. The van der Waals surface area contributed by atoms with E-state index in [-0.39, 0.29) is 23.3 Å². The molecule has 4 rings (SSSR count). The number of hydrogen-bond acceptors (Lipinski definition) is 7. The molecule has 0 saturated carbocycles. The van der Waals surface area contributed by atoms with Crippen LogP contribution in [0.3, 0.4) is 0 Å². The molecule has 8 nitrogen and oxygen atoms in total. The predicted octanol–water partition coefficient (Wildman–Crippen LogP) is 2.73. The quantitative estimate of drug-likeness (QED) is 0.541. The second kappa shape index (κ2) is 9.93. The molecule has 32 heavy (non-hydrogen) atoms. The van der Waals surface area contributed by atoms with Crippen LogP contribution >= 0.6 is 11.7 Å². The van der Waals surface area contributed by atoms with Crippen LogP contribution in [0.1, 0.15) is 19.8 Å². The number of anilines is 1. The average Bonchev–Trinajstić information content (AvgIpc) is 3.31. The Morgan fingerprint density at radius 1 is 1.19 bits per heavy atom. The normalized spacial score (nSPS) is 17.3. The van der Waals surface area contributed by atoms with Gasteiger partial charge in [-0.1, -0.05) is 24.3 Å². The molecule has 0 bridgehead atoms. The second-order valence-corrected chi connectivity index (χ2v) is 10.2. The standard InChI is InChI=1S/C22H27N5O3S2/c1-2-26(18-9-4-3-5-10-18)15-13-23-22(28)17-8-7-14-27(16-17)32(29,30)20-12-6-11-19-21(20)25-31-24-19/h3-6,9-12,17H,2,7-8,13-16H2,1H3,(H,23,28). The van der Waals surface area contributed by atoms with Gasteiger partial charge in [0.05, 0.1) is 17.6 Å². The summed E-state index contributed by atoms with van der Waals surface area (Å²) in [4.78, 5) is 15.2. The lowest BCUT2D eigenvalue weighted by Crippen LogP contribution is -2.46. The zero-order valence-corrected chi connectivity index (χ0v) is 19.6. The van der Waals surface area contributed by atoms with Crippen LogP contribution in [0.4, 0.5) is 5.69 Å². The lowest BCUT2D eigenvalue weighted by atomic mass is 9.99. The SMILES string of the molecule is CCN(CCNC(=O)C1CCCN(S(=O)(=O)c2cccc3nsnc23)C1)c1ccccc1. The van der Waals surface area contributed by atoms with Crippen molar-refractivity contribution in [1.82, 2.24) is 18.4 Å². The van der Waals surface area contributed by atoms with Crippen LogP contribution in [-0.4, -0.2) is 60.1 Å². The van der Waals surface area contributed by atoms with E-state index in [2.05, 4.69) is 25.9 Å². The number of fused-ring (bicyclic) bond motifs is 1. The van der Waals surface area contributed by atoms with Gasteiger partial charge < -0.3 is 10.2 Å². The molecule has 1 unspecified atom stereocenters. The van der Waals surface area contributed by atoms with Crippen molar-refractivity contribution >= 4 is 44.4 Å². The predicted molar refractivity (Wildman–Crippen MR) is 126 cm³/mol. The van der Waals surface area contributed by atoms with Gasteiger partial charge in [-0.05, 0) is 44.0 Å². The third kappa shape index (κ3) is 4.77. The molecule has 1 fully saturated rings. The van der Waals surface area contributed by atoms with E-state index in [1.54, 1.807) is 18.2 Å². The number of aromatic nitrogens is 2. The molecule has 0 radical (unpaired) electrons. The highest BCUT2D eigenvalue weighted by Gasteiger charge is 2.34. The number of carbonyl (C=O) groups is 1. The van der Waals surface area contributed by atoms with E-state index in [1.807, 2.05) is 30.3 Å². The minimum atomic E-state index is -3.75. The third-order valence-corrected chi connectivity index (χ3v) is 8.25. The lowest BCUT2D eigenvalue weighted by Gasteiger charge is -2.31. The Balaban J connectivity index is 1.38. The van der Waals surface area contributed by atoms with E-state index in [4.69, 9.17) is 0 Å². The van der Waals surface area contributed by atoms with Crippen LogP contribution in [0.2, 0.25) is 0 Å². The number of rotatable bonds is 8. The highest BCUT2D eigenvalue weighted by molar-refractivity contribution is 7.89. The van der Waals surface area contributed by atoms with Gasteiger partial charge in [0.2, 0.25) is 15.9 Å². The maximum absolute atomic E-state index is 13.3. The highest BCUT2D eigenvalue weighted by Crippen LogP contribution is 2.28. The first-order chi connectivity index (χ1) is 15.5. The van der Waals surface area contributed by atoms with E-state index >= 15 is 0 Å². The number of para-hydroxylation sites is 1. The van der Waals surface area contributed by atoms with Crippen LogP contribution in [0.15, 0.2) is 53.4 Å². The van der Waals surface area contributed by atoms with Gasteiger partial charge in [-0.25, -0.2) is 8.42 Å². The smallest absolute Gasteiger partial charge is 0.245 e. The summed E-state index contributed by atoms with van der Waals surface area (Å²) >= 11 is 0.996. The van der Waals surface area contributed by atoms with Crippen LogP contribution in [0, 0.1) is 5.92 Å². The van der Waals surface area contributed by atoms with Crippen LogP contribution < -0.4 is 10.2 Å². The number of sulfonamides is 1. The summed E-state index contributed by atoms with van der Waals surface area (Å²) in [6.45, 7) is 4.70. The minimum Gasteiger partial charge on any atom is -0.370 e. The fraction of sp³-hybridized carbons (Fsp3) is 0.409. The first-order valence-electron chi connectivity index (χ1n) is 10.8. The van der Waals surface area contributed by atoms with Crippen molar-refractivity contribution in [3.8, 4) is 0 Å². The molecule has 10 heteroatoms. The fourth-order valence-electron chi connectivity index (χ4n) is 4.07. The van der Waals surface area contributed by atoms with Crippen molar-refractivity contribution in [2.75, 3.05) is 37.6 Å². The summed E-state index contributed by atoms with van der Waals surface area (Å²) in [7, 11) is -3.75. The van der Waals surface area contributed by atoms with E-state index < -0.39 is 10.0 Å². The van der Waals surface area contributed by atoms with Crippen molar-refractivity contribution in [2.45, 2.75) is 24.7 Å². The number of piperidine rings is 1. The van der Waals surface area contributed by atoms with Crippen LogP contribution in [0.5, 0.6) is 0 Å². The van der Waals surface area contributed by atoms with Gasteiger partial charge in [0.1, 0.15) is 15.9 Å². The Morgan fingerprint density at radius 3 is 2.78 bits per heavy atom. The summed E-state index contributed by atoms with van der Waals surface area (Å²) < 4.78 is 36.3. The molecule has 1 saturated heterocycles. The molecule has 1 aromatic heterocycles. The van der Waals surface area contributed by atoms with Crippen LogP contribution in [-0.2, 0) is 14.8 Å². The van der Waals surface area contributed by atoms with Gasteiger partial charge in [-0.2, -0.15) is 13.1 Å². The Labute approximate surface area is 192 Å². The molecular formula is C22H27N5O3S2. The van der Waals surface area contributed by atoms with Crippen molar-refractivity contribution < 1.29 is 13.2 Å². The molecule has 1 atom stereocenters.